The highest BCUT2D eigenvalue weighted by Gasteiger charge is 2.12. The lowest BCUT2D eigenvalue weighted by molar-refractivity contribution is 0.112. The summed E-state index contributed by atoms with van der Waals surface area (Å²) in [5, 5.41) is 0.0505. The first-order valence-electron chi connectivity index (χ1n) is 5.00. The number of halogens is 1. The lowest BCUT2D eigenvalue weighted by atomic mass is 10.1. The van der Waals surface area contributed by atoms with Crippen molar-refractivity contribution in [2.45, 2.75) is 13.5 Å². The number of aromatic amines is 1. The van der Waals surface area contributed by atoms with Gasteiger partial charge in [0.1, 0.15) is 0 Å². The van der Waals surface area contributed by atoms with Crippen LogP contribution in [0.15, 0.2) is 21.7 Å². The first-order chi connectivity index (χ1) is 8.10. The van der Waals surface area contributed by atoms with E-state index in [0.29, 0.717) is 6.29 Å². The van der Waals surface area contributed by atoms with Gasteiger partial charge in [-0.25, -0.2) is 9.18 Å². The van der Waals surface area contributed by atoms with Crippen LogP contribution in [0.2, 0.25) is 0 Å². The molecule has 17 heavy (non-hydrogen) atoms. The molecule has 6 heteroatoms. The molecule has 0 aliphatic heterocycles. The summed E-state index contributed by atoms with van der Waals surface area (Å²) in [6.07, 6.45) is 0.332. The molecule has 1 heterocycles. The molecule has 0 aliphatic rings. The smallest absolute Gasteiger partial charge is 0.304 e. The Hall–Kier alpha value is -2.24. The van der Waals surface area contributed by atoms with Crippen LogP contribution in [0.3, 0.4) is 0 Å². The van der Waals surface area contributed by atoms with Crippen molar-refractivity contribution < 1.29 is 9.18 Å². The van der Waals surface area contributed by atoms with Gasteiger partial charge < -0.3 is 4.98 Å². The number of fused-ring (bicyclic) bond motifs is 1. The maximum absolute atomic E-state index is 13.7. The highest BCUT2D eigenvalue weighted by molar-refractivity contribution is 5.86. The van der Waals surface area contributed by atoms with E-state index in [9.17, 15) is 18.8 Å². The Morgan fingerprint density at radius 1 is 1.41 bits per heavy atom. The van der Waals surface area contributed by atoms with Crippen molar-refractivity contribution in [2.24, 2.45) is 0 Å². The lowest BCUT2D eigenvalue weighted by Gasteiger charge is -2.04. The molecule has 0 amide bonds. The minimum absolute atomic E-state index is 0.0505. The zero-order chi connectivity index (χ0) is 12.6. The highest BCUT2D eigenvalue weighted by Crippen LogP contribution is 2.13. The molecule has 0 aliphatic carbocycles. The van der Waals surface area contributed by atoms with Crippen LogP contribution in [-0.4, -0.2) is 15.8 Å². The Morgan fingerprint density at radius 2 is 2.12 bits per heavy atom. The number of H-pyrrole nitrogens is 1. The summed E-state index contributed by atoms with van der Waals surface area (Å²) >= 11 is 0. The molecular weight excluding hydrogens is 227 g/mol. The largest absolute Gasteiger partial charge is 0.328 e. The van der Waals surface area contributed by atoms with Crippen molar-refractivity contribution in [3.8, 4) is 0 Å². The fraction of sp³-hybridized carbons (Fsp3) is 0.182. The van der Waals surface area contributed by atoms with Crippen molar-refractivity contribution in [3.05, 3.63) is 44.4 Å². The van der Waals surface area contributed by atoms with Crippen LogP contribution in [0, 0.1) is 5.82 Å². The van der Waals surface area contributed by atoms with E-state index < -0.39 is 17.1 Å². The number of nitrogens with one attached hydrogen (secondary N) is 1. The third-order valence-corrected chi connectivity index (χ3v) is 2.57. The molecule has 1 aromatic carbocycles. The molecule has 0 radical (unpaired) electrons. The minimum atomic E-state index is -0.880. The SMILES string of the molecule is CCn1c(=O)[nH]c2c(F)c(C=O)ccc2c1=O. The van der Waals surface area contributed by atoms with E-state index >= 15 is 0 Å². The van der Waals surface area contributed by atoms with Gasteiger partial charge in [-0.2, -0.15) is 0 Å². The van der Waals surface area contributed by atoms with E-state index in [2.05, 4.69) is 4.98 Å². The van der Waals surface area contributed by atoms with Crippen molar-refractivity contribution in [3.63, 3.8) is 0 Å². The normalized spacial score (nSPS) is 10.7. The summed E-state index contributed by atoms with van der Waals surface area (Å²) < 4.78 is 14.7. The maximum Gasteiger partial charge on any atom is 0.328 e. The van der Waals surface area contributed by atoms with Crippen molar-refractivity contribution in [2.75, 3.05) is 0 Å². The Labute approximate surface area is 94.5 Å². The Balaban J connectivity index is 3.02. The molecule has 0 spiro atoms. The van der Waals surface area contributed by atoms with Crippen LogP contribution in [0.1, 0.15) is 17.3 Å². The van der Waals surface area contributed by atoms with E-state index in [1.165, 1.54) is 12.1 Å². The molecule has 88 valence electrons. The van der Waals surface area contributed by atoms with Gasteiger partial charge in [0, 0.05) is 6.54 Å². The summed E-state index contributed by atoms with van der Waals surface area (Å²) in [7, 11) is 0. The number of hydrogen-bond acceptors (Lipinski definition) is 3. The predicted octanol–water partition coefficient (Wildman–Crippen LogP) is 0.661. The van der Waals surface area contributed by atoms with Crippen LogP contribution >= 0.6 is 0 Å². The van der Waals surface area contributed by atoms with Gasteiger partial charge in [-0.15, -0.1) is 0 Å². The number of nitrogens with zero attached hydrogens (tertiary/aromatic N) is 1. The molecule has 2 rings (SSSR count). The summed E-state index contributed by atoms with van der Waals surface area (Å²) in [4.78, 5) is 36.1. The quantitative estimate of drug-likeness (QED) is 0.778. The van der Waals surface area contributed by atoms with Gasteiger partial charge in [0.15, 0.2) is 12.1 Å². The molecule has 1 aromatic heterocycles. The standard InChI is InChI=1S/C11H9FN2O3/c1-2-14-10(16)7-4-3-6(5-15)8(12)9(7)13-11(14)17/h3-5H,2H2,1H3,(H,13,17). The van der Waals surface area contributed by atoms with Crippen molar-refractivity contribution in [1.29, 1.82) is 0 Å². The number of aldehydes is 1. The second-order valence-electron chi connectivity index (χ2n) is 3.49. The average molecular weight is 236 g/mol. The zero-order valence-corrected chi connectivity index (χ0v) is 8.99. The molecular formula is C11H9FN2O3. The summed E-state index contributed by atoms with van der Waals surface area (Å²) in [6.45, 7) is 1.83. The Bertz CT molecular complexity index is 715. The third-order valence-electron chi connectivity index (χ3n) is 2.57. The predicted molar refractivity (Wildman–Crippen MR) is 59.8 cm³/mol. The molecule has 0 saturated carbocycles. The molecule has 2 aromatic rings. The summed E-state index contributed by atoms with van der Waals surface area (Å²) in [5.41, 5.74) is -1.68. The second kappa shape index (κ2) is 3.97. The van der Waals surface area contributed by atoms with E-state index in [1.54, 1.807) is 6.92 Å². The third kappa shape index (κ3) is 1.57. The fourth-order valence-corrected chi connectivity index (χ4v) is 1.68. The zero-order valence-electron chi connectivity index (χ0n) is 8.99. The number of aromatic nitrogens is 2. The minimum Gasteiger partial charge on any atom is -0.304 e. The number of benzene rings is 1. The summed E-state index contributed by atoms with van der Waals surface area (Å²) in [6, 6.07) is 2.54. The van der Waals surface area contributed by atoms with E-state index in [0.717, 1.165) is 4.57 Å². The molecule has 0 unspecified atom stereocenters. The van der Waals surface area contributed by atoms with Gasteiger partial charge in [0.05, 0.1) is 16.5 Å². The molecule has 0 saturated heterocycles. The Morgan fingerprint density at radius 3 is 2.71 bits per heavy atom. The van der Waals surface area contributed by atoms with E-state index in [-0.39, 0.29) is 23.0 Å². The second-order valence-corrected chi connectivity index (χ2v) is 3.49. The van der Waals surface area contributed by atoms with Gasteiger partial charge in [-0.05, 0) is 19.1 Å². The molecule has 0 fully saturated rings. The first-order valence-corrected chi connectivity index (χ1v) is 5.00. The number of hydrogen-bond donors (Lipinski definition) is 1. The van der Waals surface area contributed by atoms with Crippen LogP contribution in [0.25, 0.3) is 10.9 Å². The number of carbonyl (C=O) groups excluding carboxylic acids is 1. The Kier molecular flexibility index (Phi) is 2.63. The van der Waals surface area contributed by atoms with Crippen LogP contribution < -0.4 is 11.2 Å². The van der Waals surface area contributed by atoms with Crippen LogP contribution in [0.4, 0.5) is 4.39 Å². The number of rotatable bonds is 2. The van der Waals surface area contributed by atoms with Gasteiger partial charge >= 0.3 is 5.69 Å². The first kappa shape index (κ1) is 11.3. The average Bonchev–Trinajstić information content (AvgIpc) is 2.31. The topological polar surface area (TPSA) is 71.9 Å². The van der Waals surface area contributed by atoms with E-state index in [4.69, 9.17) is 0 Å². The van der Waals surface area contributed by atoms with Gasteiger partial charge in [0.25, 0.3) is 5.56 Å². The molecule has 0 atom stereocenters. The molecule has 0 bridgehead atoms. The van der Waals surface area contributed by atoms with E-state index in [1.807, 2.05) is 0 Å². The maximum atomic E-state index is 13.7. The number of carbonyl (C=O) groups is 1. The molecule has 1 N–H and O–H groups in total. The van der Waals surface area contributed by atoms with Crippen molar-refractivity contribution >= 4 is 17.2 Å². The van der Waals surface area contributed by atoms with Crippen LogP contribution in [0.5, 0.6) is 0 Å². The highest BCUT2D eigenvalue weighted by atomic mass is 19.1. The van der Waals surface area contributed by atoms with Gasteiger partial charge in [-0.1, -0.05) is 0 Å². The monoisotopic (exact) mass is 236 g/mol. The van der Waals surface area contributed by atoms with Crippen LogP contribution in [-0.2, 0) is 6.54 Å². The van der Waals surface area contributed by atoms with Gasteiger partial charge in [-0.3, -0.25) is 14.2 Å². The van der Waals surface area contributed by atoms with Gasteiger partial charge in [0.2, 0.25) is 0 Å². The summed E-state index contributed by atoms with van der Waals surface area (Å²) in [5.74, 6) is -0.880. The van der Waals surface area contributed by atoms with Crippen molar-refractivity contribution in [1.82, 2.24) is 9.55 Å². The fourth-order valence-electron chi connectivity index (χ4n) is 1.68. The molecule has 5 nitrogen and oxygen atoms in total. The lowest BCUT2D eigenvalue weighted by Crippen LogP contribution is -2.34.